The molecule has 1 unspecified atom stereocenters. The third-order valence-electron chi connectivity index (χ3n) is 4.06. The van der Waals surface area contributed by atoms with E-state index in [0.29, 0.717) is 6.54 Å². The van der Waals surface area contributed by atoms with Gasteiger partial charge in [-0.25, -0.2) is 9.59 Å². The van der Waals surface area contributed by atoms with Gasteiger partial charge in [0.25, 0.3) is 0 Å². The lowest BCUT2D eigenvalue weighted by molar-refractivity contribution is 0.0697. The number of carboxylic acid groups (broad SMARTS) is 1. The minimum Gasteiger partial charge on any atom is -0.497 e. The Morgan fingerprint density at radius 3 is 2.23 bits per heavy atom. The molecule has 2 aromatic carbocycles. The predicted molar refractivity (Wildman–Crippen MR) is 99.5 cm³/mol. The number of aromatic carboxylic acids is 1. The van der Waals surface area contributed by atoms with Crippen molar-refractivity contribution >= 4 is 12.0 Å². The molecule has 2 aromatic rings. The van der Waals surface area contributed by atoms with E-state index in [2.05, 4.69) is 10.6 Å². The van der Waals surface area contributed by atoms with Gasteiger partial charge in [-0.3, -0.25) is 0 Å². The number of carboxylic acids is 1. The summed E-state index contributed by atoms with van der Waals surface area (Å²) in [5.74, 6) is -0.136. The van der Waals surface area contributed by atoms with E-state index < -0.39 is 5.97 Å². The largest absolute Gasteiger partial charge is 0.497 e. The van der Waals surface area contributed by atoms with Crippen LogP contribution in [0.25, 0.3) is 0 Å². The zero-order valence-corrected chi connectivity index (χ0v) is 15.0. The Bertz CT molecular complexity index is 726. The van der Waals surface area contributed by atoms with Crippen LogP contribution in [0.5, 0.6) is 5.75 Å². The Morgan fingerprint density at radius 1 is 1.04 bits per heavy atom. The second-order valence-corrected chi connectivity index (χ2v) is 6.12. The molecule has 6 nitrogen and oxygen atoms in total. The minimum absolute atomic E-state index is 0.0338. The molecule has 26 heavy (non-hydrogen) atoms. The number of benzene rings is 2. The van der Waals surface area contributed by atoms with E-state index in [1.165, 1.54) is 17.7 Å². The van der Waals surface area contributed by atoms with Gasteiger partial charge >= 0.3 is 12.0 Å². The normalized spacial score (nSPS) is 11.5. The molecule has 0 saturated carbocycles. The predicted octanol–water partition coefficient (Wildman–Crippen LogP) is 3.21. The van der Waals surface area contributed by atoms with Crippen molar-refractivity contribution in [1.29, 1.82) is 0 Å². The van der Waals surface area contributed by atoms with Gasteiger partial charge in [0.1, 0.15) is 5.75 Å². The van der Waals surface area contributed by atoms with Gasteiger partial charge in [-0.2, -0.15) is 0 Å². The van der Waals surface area contributed by atoms with Gasteiger partial charge in [0.05, 0.1) is 12.7 Å². The molecule has 0 aromatic heterocycles. The molecule has 0 aliphatic heterocycles. The number of rotatable bonds is 8. The molecule has 0 bridgehead atoms. The first-order valence-electron chi connectivity index (χ1n) is 8.47. The van der Waals surface area contributed by atoms with Crippen LogP contribution < -0.4 is 15.4 Å². The van der Waals surface area contributed by atoms with E-state index in [4.69, 9.17) is 9.84 Å². The fourth-order valence-corrected chi connectivity index (χ4v) is 2.47. The SMILES string of the molecule is COc1ccc(CCC(C)NC(=O)NCc2ccc(C(=O)O)cc2)cc1. The third-order valence-corrected chi connectivity index (χ3v) is 4.06. The number of carbonyl (C=O) groups is 2. The molecule has 0 spiro atoms. The van der Waals surface area contributed by atoms with Crippen molar-refractivity contribution in [2.45, 2.75) is 32.4 Å². The Hall–Kier alpha value is -3.02. The summed E-state index contributed by atoms with van der Waals surface area (Å²) >= 11 is 0. The lowest BCUT2D eigenvalue weighted by atomic mass is 10.1. The summed E-state index contributed by atoms with van der Waals surface area (Å²) in [6.07, 6.45) is 1.69. The summed E-state index contributed by atoms with van der Waals surface area (Å²) in [4.78, 5) is 22.8. The number of ether oxygens (including phenoxy) is 1. The number of urea groups is 1. The molecular weight excluding hydrogens is 332 g/mol. The zero-order chi connectivity index (χ0) is 18.9. The molecule has 138 valence electrons. The number of aryl methyl sites for hydroxylation is 1. The second kappa shape index (κ2) is 9.46. The van der Waals surface area contributed by atoms with Crippen molar-refractivity contribution in [3.8, 4) is 5.75 Å². The Morgan fingerprint density at radius 2 is 1.65 bits per heavy atom. The highest BCUT2D eigenvalue weighted by molar-refractivity contribution is 5.87. The maximum absolute atomic E-state index is 12.0. The topological polar surface area (TPSA) is 87.7 Å². The van der Waals surface area contributed by atoms with Crippen LogP contribution in [-0.4, -0.2) is 30.3 Å². The minimum atomic E-state index is -0.965. The summed E-state index contributed by atoms with van der Waals surface area (Å²) in [7, 11) is 1.64. The number of hydrogen-bond acceptors (Lipinski definition) is 3. The fraction of sp³-hybridized carbons (Fsp3) is 0.300. The van der Waals surface area contributed by atoms with Crippen LogP contribution in [0.4, 0.5) is 4.79 Å². The third kappa shape index (κ3) is 6.12. The summed E-state index contributed by atoms with van der Waals surface area (Å²) < 4.78 is 5.13. The van der Waals surface area contributed by atoms with E-state index >= 15 is 0 Å². The highest BCUT2D eigenvalue weighted by Gasteiger charge is 2.08. The van der Waals surface area contributed by atoms with Crippen LogP contribution >= 0.6 is 0 Å². The quantitative estimate of drug-likeness (QED) is 0.678. The lowest BCUT2D eigenvalue weighted by Crippen LogP contribution is -2.40. The van der Waals surface area contributed by atoms with Gasteiger partial charge in [0, 0.05) is 12.6 Å². The van der Waals surface area contributed by atoms with Crippen LogP contribution in [0.1, 0.15) is 34.8 Å². The van der Waals surface area contributed by atoms with Gasteiger partial charge in [0.2, 0.25) is 0 Å². The first kappa shape index (κ1) is 19.3. The number of methoxy groups -OCH3 is 1. The Balaban J connectivity index is 1.71. The van der Waals surface area contributed by atoms with Crippen LogP contribution in [-0.2, 0) is 13.0 Å². The second-order valence-electron chi connectivity index (χ2n) is 6.12. The van der Waals surface area contributed by atoms with Crippen molar-refractivity contribution in [2.24, 2.45) is 0 Å². The standard InChI is InChI=1S/C20H24N2O4/c1-14(3-4-15-7-11-18(26-2)12-8-15)22-20(25)21-13-16-5-9-17(10-6-16)19(23)24/h5-12,14H,3-4,13H2,1-2H3,(H,23,24)(H2,21,22,25). The smallest absolute Gasteiger partial charge is 0.335 e. The van der Waals surface area contributed by atoms with E-state index in [1.807, 2.05) is 31.2 Å². The van der Waals surface area contributed by atoms with Gasteiger partial charge in [-0.15, -0.1) is 0 Å². The maximum atomic E-state index is 12.0. The first-order chi connectivity index (χ1) is 12.5. The van der Waals surface area contributed by atoms with Crippen molar-refractivity contribution in [2.75, 3.05) is 7.11 Å². The molecule has 2 rings (SSSR count). The molecule has 2 amide bonds. The molecule has 1 atom stereocenters. The van der Waals surface area contributed by atoms with Crippen molar-refractivity contribution < 1.29 is 19.4 Å². The van der Waals surface area contributed by atoms with Crippen LogP contribution in [0, 0.1) is 0 Å². The summed E-state index contributed by atoms with van der Waals surface area (Å²) in [6, 6.07) is 14.1. The molecule has 0 aliphatic rings. The number of hydrogen-bond donors (Lipinski definition) is 3. The van der Waals surface area contributed by atoms with Crippen LogP contribution in [0.3, 0.4) is 0 Å². The van der Waals surface area contributed by atoms with E-state index in [9.17, 15) is 9.59 Å². The molecule has 0 fully saturated rings. The van der Waals surface area contributed by atoms with Crippen molar-refractivity contribution in [3.63, 3.8) is 0 Å². The average Bonchev–Trinajstić information content (AvgIpc) is 2.65. The zero-order valence-electron chi connectivity index (χ0n) is 15.0. The Labute approximate surface area is 153 Å². The monoisotopic (exact) mass is 356 g/mol. The molecule has 0 aliphatic carbocycles. The number of carbonyl (C=O) groups excluding carboxylic acids is 1. The van der Waals surface area contributed by atoms with E-state index in [1.54, 1.807) is 19.2 Å². The first-order valence-corrected chi connectivity index (χ1v) is 8.47. The molecular formula is C20H24N2O4. The maximum Gasteiger partial charge on any atom is 0.335 e. The summed E-state index contributed by atoms with van der Waals surface area (Å²) in [5, 5.41) is 14.5. The average molecular weight is 356 g/mol. The van der Waals surface area contributed by atoms with Gasteiger partial charge in [-0.05, 0) is 55.2 Å². The van der Waals surface area contributed by atoms with Crippen molar-refractivity contribution in [1.82, 2.24) is 10.6 Å². The molecule has 0 saturated heterocycles. The molecule has 3 N–H and O–H groups in total. The van der Waals surface area contributed by atoms with Gasteiger partial charge in [0.15, 0.2) is 0 Å². The van der Waals surface area contributed by atoms with Crippen LogP contribution in [0.15, 0.2) is 48.5 Å². The highest BCUT2D eigenvalue weighted by Crippen LogP contribution is 2.13. The van der Waals surface area contributed by atoms with E-state index in [0.717, 1.165) is 24.2 Å². The molecule has 0 radical (unpaired) electrons. The van der Waals surface area contributed by atoms with Crippen molar-refractivity contribution in [3.05, 3.63) is 65.2 Å². The molecule has 0 heterocycles. The Kier molecular flexibility index (Phi) is 7.02. The highest BCUT2D eigenvalue weighted by atomic mass is 16.5. The van der Waals surface area contributed by atoms with E-state index in [-0.39, 0.29) is 17.6 Å². The fourth-order valence-electron chi connectivity index (χ4n) is 2.47. The summed E-state index contributed by atoms with van der Waals surface area (Å²) in [5.41, 5.74) is 2.26. The number of amides is 2. The van der Waals surface area contributed by atoms with Gasteiger partial charge < -0.3 is 20.5 Å². The number of nitrogens with one attached hydrogen (secondary N) is 2. The molecule has 6 heteroatoms. The van der Waals surface area contributed by atoms with Gasteiger partial charge in [-0.1, -0.05) is 24.3 Å². The van der Waals surface area contributed by atoms with Crippen LogP contribution in [0.2, 0.25) is 0 Å². The lowest BCUT2D eigenvalue weighted by Gasteiger charge is -2.15. The summed E-state index contributed by atoms with van der Waals surface area (Å²) in [6.45, 7) is 2.31.